The molecule has 9 heteroatoms. The Morgan fingerprint density at radius 1 is 1.06 bits per heavy atom. The molecular weight excluding hydrogens is 428 g/mol. The number of ether oxygens (including phenoxy) is 1. The standard InChI is InChI=1S/C23H28N4O4S/c1-5-26(6-2)32(29,30)22-15-11-9-13-20(22)27-23(28)18(17(4)25-27)16-24-19-12-8-10-14-21(19)31-7-3/h8-16,24H,5-7H2,1-4H3. The van der Waals surface area contributed by atoms with Crippen molar-refractivity contribution in [3.8, 4) is 5.75 Å². The zero-order valence-electron chi connectivity index (χ0n) is 18.7. The zero-order chi connectivity index (χ0) is 23.3. The lowest BCUT2D eigenvalue weighted by molar-refractivity contribution is -0.114. The molecule has 1 N–H and O–H groups in total. The number of carbonyl (C=O) groups excluding carboxylic acids is 1. The van der Waals surface area contributed by atoms with Gasteiger partial charge in [-0.1, -0.05) is 38.1 Å². The number of hydrazone groups is 1. The van der Waals surface area contributed by atoms with Crippen LogP contribution in [-0.2, 0) is 14.8 Å². The maximum absolute atomic E-state index is 13.2. The Morgan fingerprint density at radius 2 is 1.72 bits per heavy atom. The van der Waals surface area contributed by atoms with Crippen molar-refractivity contribution in [1.82, 2.24) is 4.31 Å². The second kappa shape index (κ2) is 9.97. The van der Waals surface area contributed by atoms with Crippen molar-refractivity contribution in [3.05, 3.63) is 60.3 Å². The summed E-state index contributed by atoms with van der Waals surface area (Å²) in [4.78, 5) is 13.2. The Morgan fingerprint density at radius 3 is 2.41 bits per heavy atom. The van der Waals surface area contributed by atoms with E-state index in [1.807, 2.05) is 31.2 Å². The molecule has 0 bridgehead atoms. The van der Waals surface area contributed by atoms with Crippen LogP contribution in [0.3, 0.4) is 0 Å². The molecule has 0 fully saturated rings. The molecule has 3 rings (SSSR count). The first kappa shape index (κ1) is 23.5. The molecular formula is C23H28N4O4S. The third kappa shape index (κ3) is 4.53. The number of nitrogens with one attached hydrogen (secondary N) is 1. The van der Waals surface area contributed by atoms with E-state index in [1.165, 1.54) is 10.4 Å². The molecule has 0 saturated heterocycles. The van der Waals surface area contributed by atoms with Crippen molar-refractivity contribution in [2.24, 2.45) is 5.10 Å². The average molecular weight is 457 g/mol. The van der Waals surface area contributed by atoms with Crippen LogP contribution in [-0.4, -0.2) is 44.0 Å². The van der Waals surface area contributed by atoms with E-state index in [-0.39, 0.29) is 10.6 Å². The first-order valence-corrected chi connectivity index (χ1v) is 12.0. The molecule has 0 radical (unpaired) electrons. The highest BCUT2D eigenvalue weighted by Crippen LogP contribution is 2.32. The Kier molecular flexibility index (Phi) is 7.32. The lowest BCUT2D eigenvalue weighted by atomic mass is 10.2. The molecule has 0 atom stereocenters. The van der Waals surface area contributed by atoms with Gasteiger partial charge in [0.05, 0.1) is 29.3 Å². The van der Waals surface area contributed by atoms with Crippen molar-refractivity contribution in [1.29, 1.82) is 0 Å². The topological polar surface area (TPSA) is 91.3 Å². The largest absolute Gasteiger partial charge is 0.492 e. The van der Waals surface area contributed by atoms with Crippen LogP contribution in [0.2, 0.25) is 0 Å². The van der Waals surface area contributed by atoms with Gasteiger partial charge in [0.2, 0.25) is 10.0 Å². The van der Waals surface area contributed by atoms with Crippen molar-refractivity contribution < 1.29 is 17.9 Å². The smallest absolute Gasteiger partial charge is 0.282 e. The SMILES string of the molecule is CCOc1ccccc1NC=C1C(=O)N(c2ccccc2S(=O)(=O)N(CC)CC)N=C1C. The van der Waals surface area contributed by atoms with Crippen LogP contribution in [0.1, 0.15) is 27.7 Å². The van der Waals surface area contributed by atoms with E-state index < -0.39 is 15.9 Å². The van der Waals surface area contributed by atoms with E-state index in [0.29, 0.717) is 42.4 Å². The molecule has 0 aromatic heterocycles. The van der Waals surface area contributed by atoms with Gasteiger partial charge in [-0.25, -0.2) is 8.42 Å². The fraction of sp³-hybridized carbons (Fsp3) is 0.304. The lowest BCUT2D eigenvalue weighted by Crippen LogP contribution is -2.32. The van der Waals surface area contributed by atoms with Crippen molar-refractivity contribution >= 4 is 33.0 Å². The van der Waals surface area contributed by atoms with E-state index in [0.717, 1.165) is 5.01 Å². The Bertz CT molecular complexity index is 1150. The fourth-order valence-corrected chi connectivity index (χ4v) is 5.04. The minimum Gasteiger partial charge on any atom is -0.492 e. The van der Waals surface area contributed by atoms with Crippen LogP contribution in [0.4, 0.5) is 11.4 Å². The van der Waals surface area contributed by atoms with Crippen molar-refractivity contribution in [3.63, 3.8) is 0 Å². The minimum atomic E-state index is -3.78. The summed E-state index contributed by atoms with van der Waals surface area (Å²) in [5.74, 6) is 0.255. The third-order valence-corrected chi connectivity index (χ3v) is 7.14. The van der Waals surface area contributed by atoms with Gasteiger partial charge in [0, 0.05) is 19.3 Å². The summed E-state index contributed by atoms with van der Waals surface area (Å²) in [6.45, 7) is 8.34. The van der Waals surface area contributed by atoms with Gasteiger partial charge in [0.25, 0.3) is 5.91 Å². The normalized spacial score (nSPS) is 15.4. The van der Waals surface area contributed by atoms with Gasteiger partial charge < -0.3 is 10.1 Å². The monoisotopic (exact) mass is 456 g/mol. The molecule has 0 saturated carbocycles. The highest BCUT2D eigenvalue weighted by atomic mass is 32.2. The van der Waals surface area contributed by atoms with Gasteiger partial charge in [0.15, 0.2) is 0 Å². The summed E-state index contributed by atoms with van der Waals surface area (Å²) in [6, 6.07) is 13.8. The zero-order valence-corrected chi connectivity index (χ0v) is 19.5. The highest BCUT2D eigenvalue weighted by molar-refractivity contribution is 7.89. The minimum absolute atomic E-state index is 0.0458. The van der Waals surface area contributed by atoms with E-state index in [9.17, 15) is 13.2 Å². The van der Waals surface area contributed by atoms with Crippen molar-refractivity contribution in [2.45, 2.75) is 32.6 Å². The molecule has 1 aliphatic rings. The number of hydrogen-bond donors (Lipinski definition) is 1. The van der Waals surface area contributed by atoms with Crippen LogP contribution < -0.4 is 15.1 Å². The number of benzene rings is 2. The van der Waals surface area contributed by atoms with E-state index in [1.54, 1.807) is 45.2 Å². The molecule has 32 heavy (non-hydrogen) atoms. The van der Waals surface area contributed by atoms with Gasteiger partial charge in [0.1, 0.15) is 10.6 Å². The van der Waals surface area contributed by atoms with Crippen LogP contribution in [0.15, 0.2) is 70.3 Å². The predicted octanol–water partition coefficient (Wildman–Crippen LogP) is 3.83. The predicted molar refractivity (Wildman–Crippen MR) is 126 cm³/mol. The molecule has 0 spiro atoms. The lowest BCUT2D eigenvalue weighted by Gasteiger charge is -2.22. The molecule has 170 valence electrons. The molecule has 8 nitrogen and oxygen atoms in total. The van der Waals surface area contributed by atoms with Crippen LogP contribution in [0, 0.1) is 0 Å². The molecule has 1 aliphatic heterocycles. The summed E-state index contributed by atoms with van der Waals surface area (Å²) in [5.41, 5.74) is 1.75. The second-order valence-electron chi connectivity index (χ2n) is 6.99. The summed E-state index contributed by atoms with van der Waals surface area (Å²) < 4.78 is 33.3. The second-order valence-corrected chi connectivity index (χ2v) is 8.90. The number of sulfonamides is 1. The molecule has 2 aromatic rings. The van der Waals surface area contributed by atoms with Gasteiger partial charge >= 0.3 is 0 Å². The van der Waals surface area contributed by atoms with Gasteiger partial charge in [-0.2, -0.15) is 14.4 Å². The summed E-state index contributed by atoms with van der Waals surface area (Å²) >= 11 is 0. The van der Waals surface area contributed by atoms with Gasteiger partial charge in [-0.3, -0.25) is 4.79 Å². The van der Waals surface area contributed by atoms with Crippen LogP contribution in [0.25, 0.3) is 0 Å². The van der Waals surface area contributed by atoms with Crippen LogP contribution in [0.5, 0.6) is 5.75 Å². The van der Waals surface area contributed by atoms with E-state index in [2.05, 4.69) is 10.4 Å². The van der Waals surface area contributed by atoms with Crippen LogP contribution >= 0.6 is 0 Å². The molecule has 2 aromatic carbocycles. The number of anilines is 2. The molecule has 1 amide bonds. The number of rotatable bonds is 9. The third-order valence-electron chi connectivity index (χ3n) is 5.04. The first-order valence-electron chi connectivity index (χ1n) is 10.5. The summed E-state index contributed by atoms with van der Waals surface area (Å²) in [5, 5.41) is 8.61. The Hall–Kier alpha value is -3.17. The van der Waals surface area contributed by atoms with Gasteiger partial charge in [-0.05, 0) is 38.1 Å². The number of carbonyl (C=O) groups is 1. The van der Waals surface area contributed by atoms with E-state index in [4.69, 9.17) is 4.74 Å². The number of hydrogen-bond acceptors (Lipinski definition) is 6. The fourth-order valence-electron chi connectivity index (χ4n) is 3.42. The average Bonchev–Trinajstić information content (AvgIpc) is 3.07. The summed E-state index contributed by atoms with van der Waals surface area (Å²) in [6.07, 6.45) is 1.57. The van der Waals surface area contributed by atoms with Crippen molar-refractivity contribution in [2.75, 3.05) is 30.0 Å². The highest BCUT2D eigenvalue weighted by Gasteiger charge is 2.34. The molecule has 0 aliphatic carbocycles. The Balaban J connectivity index is 1.94. The van der Waals surface area contributed by atoms with E-state index >= 15 is 0 Å². The molecule has 0 unspecified atom stereocenters. The summed E-state index contributed by atoms with van der Waals surface area (Å²) in [7, 11) is -3.78. The number of amides is 1. The number of nitrogens with zero attached hydrogens (tertiary/aromatic N) is 3. The molecule has 1 heterocycles. The maximum Gasteiger partial charge on any atom is 0.282 e. The maximum atomic E-state index is 13.2. The quantitative estimate of drug-likeness (QED) is 0.579. The Labute approximate surface area is 189 Å². The number of para-hydroxylation sites is 3. The first-order chi connectivity index (χ1) is 15.3. The van der Waals surface area contributed by atoms with Gasteiger partial charge in [-0.15, -0.1) is 0 Å².